The van der Waals surface area contributed by atoms with Gasteiger partial charge in [-0.15, -0.1) is 24.0 Å². The molecule has 1 aromatic rings. The number of hydrogen-bond acceptors (Lipinski definition) is 2. The number of hydrogen-bond donors (Lipinski definition) is 2. The van der Waals surface area contributed by atoms with Crippen molar-refractivity contribution in [2.75, 3.05) is 32.1 Å². The number of aryl methyl sites for hydroxylation is 1. The molecule has 0 aromatic heterocycles. The van der Waals surface area contributed by atoms with Gasteiger partial charge in [-0.05, 0) is 31.1 Å². The topological polar surface area (TPSA) is 36.4 Å². The Balaban J connectivity index is 0.00000400. The van der Waals surface area contributed by atoms with Gasteiger partial charge in [-0.25, -0.2) is 0 Å². The molecule has 120 valence electrons. The standard InChI is InChI=1S/C16H27N3S.HI/c1-17-16(19-13-14-20-2)18-12-8-4-7-11-15-9-5-3-6-10-15;/h3,5-6,9-10H,4,7-8,11-14H2,1-2H3,(H2,17,18,19);1H. The minimum atomic E-state index is 0. The summed E-state index contributed by atoms with van der Waals surface area (Å²) in [5.41, 5.74) is 1.44. The summed E-state index contributed by atoms with van der Waals surface area (Å²) in [6, 6.07) is 10.7. The van der Waals surface area contributed by atoms with Gasteiger partial charge in [0.2, 0.25) is 0 Å². The zero-order chi connectivity index (χ0) is 14.5. The van der Waals surface area contributed by atoms with E-state index in [0.29, 0.717) is 0 Å². The molecule has 21 heavy (non-hydrogen) atoms. The summed E-state index contributed by atoms with van der Waals surface area (Å²) in [5, 5.41) is 6.66. The molecular formula is C16H28IN3S. The number of benzene rings is 1. The van der Waals surface area contributed by atoms with Crippen molar-refractivity contribution >= 4 is 41.7 Å². The first-order valence-corrected chi connectivity index (χ1v) is 8.73. The number of guanidine groups is 1. The number of rotatable bonds is 9. The number of nitrogens with one attached hydrogen (secondary N) is 2. The predicted octanol–water partition coefficient (Wildman–Crippen LogP) is 3.55. The quantitative estimate of drug-likeness (QED) is 0.277. The zero-order valence-corrected chi connectivity index (χ0v) is 16.2. The maximum atomic E-state index is 4.21. The molecule has 0 bridgehead atoms. The fraction of sp³-hybridized carbons (Fsp3) is 0.562. The van der Waals surface area contributed by atoms with Gasteiger partial charge in [0.15, 0.2) is 5.96 Å². The fourth-order valence-corrected chi connectivity index (χ4v) is 2.28. The molecule has 0 saturated heterocycles. The molecule has 0 amide bonds. The molecule has 0 atom stereocenters. The van der Waals surface area contributed by atoms with Gasteiger partial charge in [0.25, 0.3) is 0 Å². The third kappa shape index (κ3) is 10.9. The first kappa shape index (κ1) is 20.6. The molecule has 1 rings (SSSR count). The number of thioether (sulfide) groups is 1. The van der Waals surface area contributed by atoms with E-state index >= 15 is 0 Å². The third-order valence-electron chi connectivity index (χ3n) is 3.10. The van der Waals surface area contributed by atoms with Gasteiger partial charge >= 0.3 is 0 Å². The molecule has 0 radical (unpaired) electrons. The smallest absolute Gasteiger partial charge is 0.191 e. The van der Waals surface area contributed by atoms with E-state index in [1.54, 1.807) is 0 Å². The van der Waals surface area contributed by atoms with Gasteiger partial charge in [-0.2, -0.15) is 11.8 Å². The summed E-state index contributed by atoms with van der Waals surface area (Å²) in [7, 11) is 1.82. The van der Waals surface area contributed by atoms with Crippen molar-refractivity contribution < 1.29 is 0 Å². The van der Waals surface area contributed by atoms with Gasteiger partial charge < -0.3 is 10.6 Å². The van der Waals surface area contributed by atoms with Crippen LogP contribution in [0.3, 0.4) is 0 Å². The Labute approximate surface area is 150 Å². The molecular weight excluding hydrogens is 393 g/mol. The monoisotopic (exact) mass is 421 g/mol. The predicted molar refractivity (Wildman–Crippen MR) is 107 cm³/mol. The summed E-state index contributed by atoms with van der Waals surface area (Å²) < 4.78 is 0. The first-order valence-electron chi connectivity index (χ1n) is 7.34. The van der Waals surface area contributed by atoms with Crippen molar-refractivity contribution in [3.63, 3.8) is 0 Å². The lowest BCUT2D eigenvalue weighted by Crippen LogP contribution is -2.38. The molecule has 3 nitrogen and oxygen atoms in total. The first-order chi connectivity index (χ1) is 9.86. The highest BCUT2D eigenvalue weighted by Crippen LogP contribution is 2.05. The van der Waals surface area contributed by atoms with Gasteiger partial charge in [-0.3, -0.25) is 4.99 Å². The highest BCUT2D eigenvalue weighted by Gasteiger charge is 1.96. The lowest BCUT2D eigenvalue weighted by Gasteiger charge is -2.11. The van der Waals surface area contributed by atoms with Gasteiger partial charge in [-0.1, -0.05) is 36.8 Å². The molecule has 0 aliphatic rings. The van der Waals surface area contributed by atoms with Crippen LogP contribution in [-0.2, 0) is 6.42 Å². The van der Waals surface area contributed by atoms with Crippen LogP contribution in [0.2, 0.25) is 0 Å². The number of aliphatic imine (C=N–C) groups is 1. The van der Waals surface area contributed by atoms with Crippen molar-refractivity contribution in [3.05, 3.63) is 35.9 Å². The lowest BCUT2D eigenvalue weighted by molar-refractivity contribution is 0.657. The number of unbranched alkanes of at least 4 members (excludes halogenated alkanes) is 2. The molecule has 0 unspecified atom stereocenters. The van der Waals surface area contributed by atoms with Gasteiger partial charge in [0.1, 0.15) is 0 Å². The molecule has 0 aliphatic heterocycles. The van der Waals surface area contributed by atoms with E-state index in [9.17, 15) is 0 Å². The second kappa shape index (κ2) is 14.5. The van der Waals surface area contributed by atoms with E-state index in [1.165, 1.54) is 31.2 Å². The van der Waals surface area contributed by atoms with Crippen LogP contribution in [-0.4, -0.2) is 38.1 Å². The molecule has 5 heteroatoms. The van der Waals surface area contributed by atoms with E-state index in [2.05, 4.69) is 52.2 Å². The van der Waals surface area contributed by atoms with Crippen LogP contribution in [0.25, 0.3) is 0 Å². The van der Waals surface area contributed by atoms with E-state index in [1.807, 2.05) is 18.8 Å². The Morgan fingerprint density at radius 1 is 1.05 bits per heavy atom. The third-order valence-corrected chi connectivity index (χ3v) is 3.71. The summed E-state index contributed by atoms with van der Waals surface area (Å²) in [6.07, 6.45) is 7.00. The minimum absolute atomic E-state index is 0. The lowest BCUT2D eigenvalue weighted by atomic mass is 10.1. The van der Waals surface area contributed by atoms with Crippen LogP contribution in [0.15, 0.2) is 35.3 Å². The van der Waals surface area contributed by atoms with Crippen LogP contribution < -0.4 is 10.6 Å². The highest BCUT2D eigenvalue weighted by atomic mass is 127. The van der Waals surface area contributed by atoms with E-state index in [0.717, 1.165) is 24.8 Å². The molecule has 0 spiro atoms. The maximum Gasteiger partial charge on any atom is 0.191 e. The minimum Gasteiger partial charge on any atom is -0.356 e. The van der Waals surface area contributed by atoms with Crippen molar-refractivity contribution in [2.45, 2.75) is 25.7 Å². The van der Waals surface area contributed by atoms with E-state index in [4.69, 9.17) is 0 Å². The van der Waals surface area contributed by atoms with Crippen LogP contribution >= 0.6 is 35.7 Å². The summed E-state index contributed by atoms with van der Waals surface area (Å²) in [4.78, 5) is 4.21. The normalized spacial score (nSPS) is 10.9. The SMILES string of the molecule is CN=C(NCCCCCc1ccccc1)NCCSC.I. The molecule has 0 aliphatic carbocycles. The van der Waals surface area contributed by atoms with Crippen molar-refractivity contribution in [2.24, 2.45) is 4.99 Å². The van der Waals surface area contributed by atoms with Crippen LogP contribution in [0, 0.1) is 0 Å². The second-order valence-electron chi connectivity index (χ2n) is 4.71. The molecule has 1 aromatic carbocycles. The molecule has 0 fully saturated rings. The summed E-state index contributed by atoms with van der Waals surface area (Å²) in [5.74, 6) is 2.03. The summed E-state index contributed by atoms with van der Waals surface area (Å²) >= 11 is 1.84. The van der Waals surface area contributed by atoms with Crippen LogP contribution in [0.1, 0.15) is 24.8 Å². The van der Waals surface area contributed by atoms with E-state index < -0.39 is 0 Å². The largest absolute Gasteiger partial charge is 0.356 e. The fourth-order valence-electron chi connectivity index (χ4n) is 1.97. The van der Waals surface area contributed by atoms with Crippen LogP contribution in [0.5, 0.6) is 0 Å². The van der Waals surface area contributed by atoms with E-state index in [-0.39, 0.29) is 24.0 Å². The Morgan fingerprint density at radius 3 is 2.43 bits per heavy atom. The average Bonchev–Trinajstić information content (AvgIpc) is 2.50. The maximum absolute atomic E-state index is 4.21. The van der Waals surface area contributed by atoms with Gasteiger partial charge in [0, 0.05) is 25.9 Å². The Bertz CT molecular complexity index is 371. The Morgan fingerprint density at radius 2 is 1.76 bits per heavy atom. The number of halogens is 1. The van der Waals surface area contributed by atoms with Gasteiger partial charge in [0.05, 0.1) is 0 Å². The highest BCUT2D eigenvalue weighted by molar-refractivity contribution is 14.0. The number of nitrogens with zero attached hydrogens (tertiary/aromatic N) is 1. The van der Waals surface area contributed by atoms with Crippen molar-refractivity contribution in [1.82, 2.24) is 10.6 Å². The zero-order valence-electron chi connectivity index (χ0n) is 13.1. The second-order valence-corrected chi connectivity index (χ2v) is 5.70. The average molecular weight is 421 g/mol. The molecule has 0 heterocycles. The summed E-state index contributed by atoms with van der Waals surface area (Å²) in [6.45, 7) is 1.96. The Kier molecular flexibility index (Phi) is 14.2. The Hall–Kier alpha value is -0.430. The molecule has 0 saturated carbocycles. The van der Waals surface area contributed by atoms with Crippen molar-refractivity contribution in [3.8, 4) is 0 Å². The van der Waals surface area contributed by atoms with Crippen molar-refractivity contribution in [1.29, 1.82) is 0 Å². The van der Waals surface area contributed by atoms with Crippen LogP contribution in [0.4, 0.5) is 0 Å². The molecule has 2 N–H and O–H groups in total.